The van der Waals surface area contributed by atoms with Crippen LogP contribution in [0.25, 0.3) is 0 Å². The van der Waals surface area contributed by atoms with Gasteiger partial charge in [0.05, 0.1) is 5.10 Å². The average Bonchev–Trinajstić information content (AvgIpc) is 2.35. The molecule has 0 amide bonds. The topological polar surface area (TPSA) is 71.6 Å². The van der Waals surface area contributed by atoms with Crippen LogP contribution >= 0.6 is 23.4 Å². The van der Waals surface area contributed by atoms with Crippen LogP contribution in [-0.4, -0.2) is 32.9 Å². The predicted molar refractivity (Wildman–Crippen MR) is 73.3 cm³/mol. The molecule has 0 aromatic carbocycles. The quantitative estimate of drug-likeness (QED) is 0.280. The molecule has 1 rings (SSSR count). The van der Waals surface area contributed by atoms with Gasteiger partial charge in [-0.05, 0) is 24.8 Å². The molecular formula is C10H13ClN4O2S. The van der Waals surface area contributed by atoms with Gasteiger partial charge in [-0.1, -0.05) is 29.4 Å². The molecule has 6 nitrogen and oxygen atoms in total. The molecule has 18 heavy (non-hydrogen) atoms. The van der Waals surface area contributed by atoms with E-state index in [4.69, 9.17) is 11.6 Å². The summed E-state index contributed by atoms with van der Waals surface area (Å²) in [6.45, 7) is 3.04. The summed E-state index contributed by atoms with van der Waals surface area (Å²) in [7, 11) is 0. The lowest BCUT2D eigenvalue weighted by atomic mass is 10.3. The smallest absolute Gasteiger partial charge is 0.237 e. The molecule has 98 valence electrons. The first-order valence-electron chi connectivity index (χ1n) is 5.19. The average molecular weight is 289 g/mol. The maximum atomic E-state index is 10.4. The van der Waals surface area contributed by atoms with Crippen molar-refractivity contribution in [3.05, 3.63) is 39.2 Å². The third kappa shape index (κ3) is 4.50. The second kappa shape index (κ2) is 7.17. The Morgan fingerprint density at radius 1 is 1.67 bits per heavy atom. The number of amidine groups is 1. The first-order chi connectivity index (χ1) is 8.56. The fraction of sp³-hybridized carbons (Fsp3) is 0.400. The Kier molecular flexibility index (Phi) is 5.87. The summed E-state index contributed by atoms with van der Waals surface area (Å²) in [4.78, 5) is 16.2. The summed E-state index contributed by atoms with van der Waals surface area (Å²) in [6.07, 6.45) is 3.40. The minimum Gasteiger partial charge on any atom is -0.342 e. The van der Waals surface area contributed by atoms with Gasteiger partial charge in [0.15, 0.2) is 5.03 Å². The van der Waals surface area contributed by atoms with Gasteiger partial charge in [0.2, 0.25) is 5.17 Å². The zero-order valence-corrected chi connectivity index (χ0v) is 11.6. The van der Waals surface area contributed by atoms with E-state index < -0.39 is 5.03 Å². The number of hydrogen-bond donors (Lipinski definition) is 0. The molecule has 0 aliphatic rings. The second-order valence-corrected chi connectivity index (χ2v) is 4.49. The van der Waals surface area contributed by atoms with E-state index in [1.165, 1.54) is 11.8 Å². The van der Waals surface area contributed by atoms with Crippen molar-refractivity contribution in [3.8, 4) is 0 Å². The molecule has 1 heterocycles. The number of hydrazone groups is 1. The van der Waals surface area contributed by atoms with Crippen molar-refractivity contribution in [2.75, 3.05) is 12.8 Å². The molecule has 0 N–H and O–H groups in total. The van der Waals surface area contributed by atoms with E-state index in [0.29, 0.717) is 23.4 Å². The number of rotatable bonds is 4. The standard InChI is InChI=1S/C10H13ClN4O2S/c1-3-14(10(18-2)13-15(16)17)7-8-4-5-9(11)12-6-8/h4-6H,3,7H2,1-2H3. The summed E-state index contributed by atoms with van der Waals surface area (Å²) < 4.78 is 0. The Hall–Kier alpha value is -1.34. The minimum atomic E-state index is -0.686. The number of hydrogen-bond acceptors (Lipinski definition) is 4. The van der Waals surface area contributed by atoms with Gasteiger partial charge >= 0.3 is 0 Å². The number of aromatic nitrogens is 1. The summed E-state index contributed by atoms with van der Waals surface area (Å²) in [5.74, 6) is 0. The van der Waals surface area contributed by atoms with E-state index in [0.717, 1.165) is 5.56 Å². The molecule has 0 aliphatic heterocycles. The molecule has 0 spiro atoms. The largest absolute Gasteiger partial charge is 0.342 e. The normalized spacial score (nSPS) is 11.4. The summed E-state index contributed by atoms with van der Waals surface area (Å²) in [5.41, 5.74) is 0.923. The van der Waals surface area contributed by atoms with Gasteiger partial charge < -0.3 is 4.90 Å². The van der Waals surface area contributed by atoms with Gasteiger partial charge in [0.1, 0.15) is 5.15 Å². The van der Waals surface area contributed by atoms with Crippen LogP contribution in [0.15, 0.2) is 23.4 Å². The Morgan fingerprint density at radius 3 is 2.83 bits per heavy atom. The van der Waals surface area contributed by atoms with Gasteiger partial charge in [-0.25, -0.2) is 15.1 Å². The SMILES string of the molecule is CCN(Cc1ccc(Cl)nc1)C(=N[N+](=O)[O-])SC. The molecule has 0 bridgehead atoms. The molecular weight excluding hydrogens is 276 g/mol. The van der Waals surface area contributed by atoms with Gasteiger partial charge in [0, 0.05) is 19.3 Å². The lowest BCUT2D eigenvalue weighted by molar-refractivity contribution is -0.485. The highest BCUT2D eigenvalue weighted by Gasteiger charge is 2.13. The first kappa shape index (κ1) is 14.7. The first-order valence-corrected chi connectivity index (χ1v) is 6.79. The van der Waals surface area contributed by atoms with Gasteiger partial charge in [-0.3, -0.25) is 0 Å². The molecule has 0 atom stereocenters. The van der Waals surface area contributed by atoms with Crippen LogP contribution in [0.4, 0.5) is 0 Å². The highest BCUT2D eigenvalue weighted by Crippen LogP contribution is 2.12. The molecule has 0 saturated carbocycles. The lowest BCUT2D eigenvalue weighted by Gasteiger charge is -2.20. The van der Waals surface area contributed by atoms with Crippen molar-refractivity contribution < 1.29 is 5.03 Å². The predicted octanol–water partition coefficient (Wildman–Crippen LogP) is 2.47. The monoisotopic (exact) mass is 288 g/mol. The minimum absolute atomic E-state index is 0.373. The second-order valence-electron chi connectivity index (χ2n) is 3.33. The number of nitrogens with zero attached hydrogens (tertiary/aromatic N) is 4. The van der Waals surface area contributed by atoms with Crippen molar-refractivity contribution in [3.63, 3.8) is 0 Å². The van der Waals surface area contributed by atoms with E-state index in [1.54, 1.807) is 23.4 Å². The van der Waals surface area contributed by atoms with Crippen LogP contribution in [0.5, 0.6) is 0 Å². The maximum Gasteiger partial charge on any atom is 0.237 e. The van der Waals surface area contributed by atoms with Gasteiger partial charge in [0.25, 0.3) is 0 Å². The van der Waals surface area contributed by atoms with E-state index in [2.05, 4.69) is 10.1 Å². The molecule has 0 radical (unpaired) electrons. The fourth-order valence-electron chi connectivity index (χ4n) is 1.34. The zero-order chi connectivity index (χ0) is 13.5. The Labute approximate surface area is 114 Å². The van der Waals surface area contributed by atoms with Crippen molar-refractivity contribution in [2.24, 2.45) is 5.10 Å². The van der Waals surface area contributed by atoms with E-state index in [1.807, 2.05) is 13.0 Å². The van der Waals surface area contributed by atoms with Crippen LogP contribution in [0.2, 0.25) is 5.15 Å². The molecule has 1 aromatic rings. The van der Waals surface area contributed by atoms with Crippen molar-refractivity contribution in [1.82, 2.24) is 9.88 Å². The van der Waals surface area contributed by atoms with E-state index >= 15 is 0 Å². The maximum absolute atomic E-state index is 10.4. The Bertz CT molecular complexity index is 438. The molecule has 0 saturated heterocycles. The molecule has 0 aliphatic carbocycles. The lowest BCUT2D eigenvalue weighted by Crippen LogP contribution is -2.28. The van der Waals surface area contributed by atoms with Gasteiger partial charge in [-0.15, -0.1) is 0 Å². The van der Waals surface area contributed by atoms with Crippen LogP contribution in [0.3, 0.4) is 0 Å². The van der Waals surface area contributed by atoms with Crippen LogP contribution in [0.1, 0.15) is 12.5 Å². The summed E-state index contributed by atoms with van der Waals surface area (Å²) in [5, 5.41) is 13.9. The van der Waals surface area contributed by atoms with Crippen molar-refractivity contribution >= 4 is 28.5 Å². The number of pyridine rings is 1. The Balaban J connectivity index is 2.83. The highest BCUT2D eigenvalue weighted by molar-refractivity contribution is 8.13. The van der Waals surface area contributed by atoms with Crippen LogP contribution in [0, 0.1) is 10.1 Å². The molecule has 8 heteroatoms. The third-order valence-corrected chi connectivity index (χ3v) is 3.09. The molecule has 0 fully saturated rings. The number of nitro groups is 1. The summed E-state index contributed by atoms with van der Waals surface area (Å²) in [6, 6.07) is 3.52. The molecule has 0 unspecified atom stereocenters. The zero-order valence-electron chi connectivity index (χ0n) is 10.0. The Morgan fingerprint density at radius 2 is 2.39 bits per heavy atom. The third-order valence-electron chi connectivity index (χ3n) is 2.16. The fourth-order valence-corrected chi connectivity index (χ4v) is 2.05. The van der Waals surface area contributed by atoms with Crippen molar-refractivity contribution in [1.29, 1.82) is 0 Å². The van der Waals surface area contributed by atoms with E-state index in [-0.39, 0.29) is 0 Å². The van der Waals surface area contributed by atoms with Crippen LogP contribution < -0.4 is 0 Å². The molecule has 1 aromatic heterocycles. The highest BCUT2D eigenvalue weighted by atomic mass is 35.5. The van der Waals surface area contributed by atoms with Crippen LogP contribution in [-0.2, 0) is 6.54 Å². The summed E-state index contributed by atoms with van der Waals surface area (Å²) >= 11 is 6.94. The number of halogens is 1. The van der Waals surface area contributed by atoms with E-state index in [9.17, 15) is 10.1 Å². The van der Waals surface area contributed by atoms with Gasteiger partial charge in [-0.2, -0.15) is 0 Å². The van der Waals surface area contributed by atoms with Crippen molar-refractivity contribution in [2.45, 2.75) is 13.5 Å². The number of thioether (sulfide) groups is 1.